The van der Waals surface area contributed by atoms with Gasteiger partial charge in [0.25, 0.3) is 5.91 Å². The largest absolute Gasteiger partial charge is 0.455 e. The number of carbonyl (C=O) groups is 2. The van der Waals surface area contributed by atoms with Gasteiger partial charge >= 0.3 is 12.1 Å². The number of halogens is 3. The van der Waals surface area contributed by atoms with Crippen LogP contribution >= 0.6 is 0 Å². The number of ether oxygens (including phenoxy) is 1. The highest BCUT2D eigenvalue weighted by atomic mass is 19.4. The lowest BCUT2D eigenvalue weighted by molar-refractivity contribution is -0.148. The average molecular weight is 384 g/mol. The SMILES string of the molecule is C[C@@H]1C[C@@H]1C(=O)OCC(=O)Nc1cc(C(F)(F)F)ccc1N1CCCCC1. The number of anilines is 2. The minimum absolute atomic E-state index is 0.0903. The van der Waals surface area contributed by atoms with Gasteiger partial charge in [0.05, 0.1) is 22.9 Å². The minimum atomic E-state index is -4.51. The fraction of sp³-hybridized carbons (Fsp3) is 0.579. The number of carbonyl (C=O) groups excluding carboxylic acids is 2. The van der Waals surface area contributed by atoms with Gasteiger partial charge in [0.15, 0.2) is 6.61 Å². The Kier molecular flexibility index (Phi) is 5.62. The Morgan fingerprint density at radius 1 is 1.22 bits per heavy atom. The summed E-state index contributed by atoms with van der Waals surface area (Å²) in [7, 11) is 0. The van der Waals surface area contributed by atoms with Crippen molar-refractivity contribution in [3.8, 4) is 0 Å². The second kappa shape index (κ2) is 7.78. The summed E-state index contributed by atoms with van der Waals surface area (Å²) < 4.78 is 44.2. The minimum Gasteiger partial charge on any atom is -0.455 e. The standard InChI is InChI=1S/C19H23F3N2O3/c1-12-9-14(12)18(26)27-11-17(25)23-15-10-13(19(20,21)22)5-6-16(15)24-7-3-2-4-8-24/h5-6,10,12,14H,2-4,7-9,11H2,1H3,(H,23,25)/t12-,14+/m1/s1. The summed E-state index contributed by atoms with van der Waals surface area (Å²) in [4.78, 5) is 25.8. The highest BCUT2D eigenvalue weighted by molar-refractivity contribution is 5.96. The maximum atomic E-state index is 13.1. The Bertz CT molecular complexity index is 715. The first-order valence-corrected chi connectivity index (χ1v) is 9.18. The molecule has 2 aliphatic rings. The second-order valence-corrected chi connectivity index (χ2v) is 7.25. The monoisotopic (exact) mass is 384 g/mol. The molecule has 27 heavy (non-hydrogen) atoms. The first-order valence-electron chi connectivity index (χ1n) is 9.18. The molecule has 8 heteroatoms. The van der Waals surface area contributed by atoms with Crippen LogP contribution in [0, 0.1) is 11.8 Å². The summed E-state index contributed by atoms with van der Waals surface area (Å²) >= 11 is 0. The molecule has 1 aromatic rings. The van der Waals surface area contributed by atoms with E-state index >= 15 is 0 Å². The normalized spacial score (nSPS) is 22.3. The maximum Gasteiger partial charge on any atom is 0.416 e. The third-order valence-corrected chi connectivity index (χ3v) is 5.05. The van der Waals surface area contributed by atoms with E-state index in [0.29, 0.717) is 5.69 Å². The molecule has 3 rings (SSSR count). The van der Waals surface area contributed by atoms with E-state index in [2.05, 4.69) is 5.32 Å². The Morgan fingerprint density at radius 3 is 2.48 bits per heavy atom. The Balaban J connectivity index is 1.72. The lowest BCUT2D eigenvalue weighted by Gasteiger charge is -2.31. The fourth-order valence-electron chi connectivity index (χ4n) is 3.30. The number of rotatable bonds is 5. The second-order valence-electron chi connectivity index (χ2n) is 7.25. The van der Waals surface area contributed by atoms with Crippen molar-refractivity contribution >= 4 is 23.3 Å². The van der Waals surface area contributed by atoms with Crippen LogP contribution in [0.2, 0.25) is 0 Å². The number of piperidine rings is 1. The zero-order valence-corrected chi connectivity index (χ0v) is 15.1. The predicted molar refractivity (Wildman–Crippen MR) is 94.4 cm³/mol. The van der Waals surface area contributed by atoms with Gasteiger partial charge in [-0.05, 0) is 49.8 Å². The van der Waals surface area contributed by atoms with Gasteiger partial charge in [-0.1, -0.05) is 6.92 Å². The van der Waals surface area contributed by atoms with Crippen molar-refractivity contribution in [1.82, 2.24) is 0 Å². The van der Waals surface area contributed by atoms with Crippen LogP contribution < -0.4 is 10.2 Å². The number of nitrogens with zero attached hydrogens (tertiary/aromatic N) is 1. The molecule has 1 aliphatic carbocycles. The van der Waals surface area contributed by atoms with Gasteiger partial charge in [-0.25, -0.2) is 0 Å². The van der Waals surface area contributed by atoms with Crippen LogP contribution in [0.1, 0.15) is 38.2 Å². The summed E-state index contributed by atoms with van der Waals surface area (Å²) in [6, 6.07) is 3.35. The molecule has 0 bridgehead atoms. The third kappa shape index (κ3) is 4.93. The smallest absolute Gasteiger partial charge is 0.416 e. The molecular formula is C19H23F3N2O3. The quantitative estimate of drug-likeness (QED) is 0.784. The summed E-state index contributed by atoms with van der Waals surface area (Å²) in [6.07, 6.45) is -0.784. The number of hydrogen-bond acceptors (Lipinski definition) is 4. The van der Waals surface area contributed by atoms with E-state index in [-0.39, 0.29) is 17.5 Å². The summed E-state index contributed by atoms with van der Waals surface area (Å²) in [5, 5.41) is 2.49. The van der Waals surface area contributed by atoms with Crippen LogP contribution in [0.15, 0.2) is 18.2 Å². The zero-order chi connectivity index (χ0) is 19.6. The van der Waals surface area contributed by atoms with Crippen LogP contribution in [0.4, 0.5) is 24.5 Å². The first kappa shape index (κ1) is 19.5. The topological polar surface area (TPSA) is 58.6 Å². The third-order valence-electron chi connectivity index (χ3n) is 5.05. The summed E-state index contributed by atoms with van der Waals surface area (Å²) in [5.74, 6) is -0.989. The van der Waals surface area contributed by atoms with E-state index < -0.39 is 30.2 Å². The molecule has 148 valence electrons. The number of benzene rings is 1. The van der Waals surface area contributed by atoms with Gasteiger partial charge in [-0.3, -0.25) is 9.59 Å². The van der Waals surface area contributed by atoms with Gasteiger partial charge < -0.3 is 15.0 Å². The van der Waals surface area contributed by atoms with Crippen molar-refractivity contribution in [2.75, 3.05) is 29.9 Å². The molecule has 2 atom stereocenters. The van der Waals surface area contributed by atoms with Gasteiger partial charge in [0.1, 0.15) is 0 Å². The summed E-state index contributed by atoms with van der Waals surface area (Å²) in [5.41, 5.74) is -0.187. The molecule has 0 radical (unpaired) electrons. The van der Waals surface area contributed by atoms with Crippen molar-refractivity contribution in [3.63, 3.8) is 0 Å². The van der Waals surface area contributed by atoms with E-state index in [4.69, 9.17) is 4.74 Å². The van der Waals surface area contributed by atoms with Gasteiger partial charge in [-0.2, -0.15) is 13.2 Å². The van der Waals surface area contributed by atoms with E-state index in [1.807, 2.05) is 11.8 Å². The molecule has 5 nitrogen and oxygen atoms in total. The van der Waals surface area contributed by atoms with Crippen molar-refractivity contribution in [3.05, 3.63) is 23.8 Å². The molecule has 2 fully saturated rings. The van der Waals surface area contributed by atoms with Crippen molar-refractivity contribution in [2.45, 2.75) is 38.8 Å². The zero-order valence-electron chi connectivity index (χ0n) is 15.1. The Labute approximate surface area is 155 Å². The lowest BCUT2D eigenvalue weighted by atomic mass is 10.1. The van der Waals surface area contributed by atoms with Crippen LogP contribution in [0.5, 0.6) is 0 Å². The first-order chi connectivity index (χ1) is 12.8. The van der Waals surface area contributed by atoms with Gasteiger partial charge in [-0.15, -0.1) is 0 Å². The van der Waals surface area contributed by atoms with Gasteiger partial charge in [0, 0.05) is 13.1 Å². The molecule has 1 aromatic carbocycles. The molecule has 1 saturated carbocycles. The van der Waals surface area contributed by atoms with E-state index in [1.54, 1.807) is 0 Å². The van der Waals surface area contributed by atoms with Crippen LogP contribution in [0.3, 0.4) is 0 Å². The predicted octanol–water partition coefficient (Wildman–Crippen LogP) is 3.83. The van der Waals surface area contributed by atoms with Crippen LogP contribution in [-0.2, 0) is 20.5 Å². The Hall–Kier alpha value is -2.25. The molecule has 1 heterocycles. The Morgan fingerprint density at radius 2 is 1.89 bits per heavy atom. The molecule has 1 amide bonds. The molecule has 1 aliphatic heterocycles. The van der Waals surface area contributed by atoms with Crippen LogP contribution in [0.25, 0.3) is 0 Å². The molecule has 0 aromatic heterocycles. The van der Waals surface area contributed by atoms with E-state index in [1.165, 1.54) is 6.07 Å². The fourth-order valence-corrected chi connectivity index (χ4v) is 3.30. The number of amides is 1. The van der Waals surface area contributed by atoms with E-state index in [9.17, 15) is 22.8 Å². The molecular weight excluding hydrogens is 361 g/mol. The van der Waals surface area contributed by atoms with Gasteiger partial charge in [0.2, 0.25) is 0 Å². The van der Waals surface area contributed by atoms with Crippen molar-refractivity contribution in [1.29, 1.82) is 0 Å². The molecule has 0 unspecified atom stereocenters. The summed E-state index contributed by atoms with van der Waals surface area (Å²) in [6.45, 7) is 2.86. The number of alkyl halides is 3. The number of hydrogen-bond donors (Lipinski definition) is 1. The molecule has 1 N–H and O–H groups in total. The average Bonchev–Trinajstić information content (AvgIpc) is 3.36. The van der Waals surface area contributed by atoms with Crippen molar-refractivity contribution < 1.29 is 27.5 Å². The number of nitrogens with one attached hydrogen (secondary N) is 1. The highest BCUT2D eigenvalue weighted by Gasteiger charge is 2.40. The lowest BCUT2D eigenvalue weighted by Crippen LogP contribution is -2.31. The van der Waals surface area contributed by atoms with Crippen molar-refractivity contribution in [2.24, 2.45) is 11.8 Å². The molecule has 0 spiro atoms. The number of esters is 1. The highest BCUT2D eigenvalue weighted by Crippen LogP contribution is 2.39. The maximum absolute atomic E-state index is 13.1. The van der Waals surface area contributed by atoms with E-state index in [0.717, 1.165) is 50.9 Å². The van der Waals surface area contributed by atoms with Crippen LogP contribution in [-0.4, -0.2) is 31.6 Å². The molecule has 1 saturated heterocycles.